The van der Waals surface area contributed by atoms with Gasteiger partial charge < -0.3 is 4.74 Å². The molecule has 2 nitrogen and oxygen atoms in total. The Morgan fingerprint density at radius 2 is 2.00 bits per heavy atom. The molecule has 1 atom stereocenters. The van der Waals surface area contributed by atoms with Crippen molar-refractivity contribution in [3.05, 3.63) is 29.6 Å². The third-order valence-corrected chi connectivity index (χ3v) is 4.27. The van der Waals surface area contributed by atoms with Crippen molar-refractivity contribution < 1.29 is 13.9 Å². The summed E-state index contributed by atoms with van der Waals surface area (Å²) in [6.07, 6.45) is 7.78. The lowest BCUT2D eigenvalue weighted by atomic mass is 9.83. The second kappa shape index (κ2) is 5.32. The van der Waals surface area contributed by atoms with Crippen LogP contribution in [0.1, 0.15) is 55.3 Å². The van der Waals surface area contributed by atoms with E-state index < -0.39 is 0 Å². The minimum atomic E-state index is -0.374. The van der Waals surface area contributed by atoms with Gasteiger partial charge in [0.2, 0.25) is 0 Å². The Morgan fingerprint density at radius 1 is 1.21 bits per heavy atom. The van der Waals surface area contributed by atoms with Gasteiger partial charge in [-0.2, -0.15) is 0 Å². The van der Waals surface area contributed by atoms with Gasteiger partial charge in [0, 0.05) is 6.42 Å². The van der Waals surface area contributed by atoms with E-state index in [0.717, 1.165) is 6.42 Å². The van der Waals surface area contributed by atoms with Crippen molar-refractivity contribution in [1.29, 1.82) is 0 Å². The molecule has 0 amide bonds. The Bertz CT molecular complexity index is 478. The Hall–Kier alpha value is -1.38. The number of benzene rings is 1. The number of fused-ring (bicyclic) bond motifs is 1. The molecule has 102 valence electrons. The van der Waals surface area contributed by atoms with Crippen molar-refractivity contribution in [3.8, 4) is 5.75 Å². The number of carbonyl (C=O) groups excluding carboxylic acids is 1. The number of carbonyl (C=O) groups is 1. The maximum absolute atomic E-state index is 13.1. The van der Waals surface area contributed by atoms with Crippen LogP contribution in [0.3, 0.4) is 0 Å². The molecule has 3 rings (SSSR count). The molecule has 2 aliphatic rings. The zero-order valence-electron chi connectivity index (χ0n) is 11.0. The SMILES string of the molecule is O=C1CC(CC2CCCCC2)Oc2ccc(F)cc21. The van der Waals surface area contributed by atoms with Crippen LogP contribution in [0.25, 0.3) is 0 Å². The first-order valence-corrected chi connectivity index (χ1v) is 7.22. The Balaban J connectivity index is 1.70. The van der Waals surface area contributed by atoms with E-state index in [1.807, 2.05) is 0 Å². The van der Waals surface area contributed by atoms with Crippen molar-refractivity contribution in [2.24, 2.45) is 5.92 Å². The average molecular weight is 262 g/mol. The molecule has 1 aromatic rings. The second-order valence-electron chi connectivity index (χ2n) is 5.75. The molecule has 1 heterocycles. The summed E-state index contributed by atoms with van der Waals surface area (Å²) in [6.45, 7) is 0. The number of Topliss-reactive ketones (excluding diaryl/α,β-unsaturated/α-hetero) is 1. The first kappa shape index (κ1) is 12.6. The quantitative estimate of drug-likeness (QED) is 0.801. The zero-order chi connectivity index (χ0) is 13.2. The monoisotopic (exact) mass is 262 g/mol. The number of ketones is 1. The lowest BCUT2D eigenvalue weighted by Gasteiger charge is -2.30. The van der Waals surface area contributed by atoms with E-state index in [1.54, 1.807) is 6.07 Å². The number of hydrogen-bond acceptors (Lipinski definition) is 2. The van der Waals surface area contributed by atoms with E-state index in [4.69, 9.17) is 4.74 Å². The van der Waals surface area contributed by atoms with E-state index in [-0.39, 0.29) is 17.7 Å². The van der Waals surface area contributed by atoms with Crippen molar-refractivity contribution in [2.45, 2.75) is 51.0 Å². The summed E-state index contributed by atoms with van der Waals surface area (Å²) in [6, 6.07) is 4.22. The van der Waals surface area contributed by atoms with Gasteiger partial charge in [0.15, 0.2) is 5.78 Å². The van der Waals surface area contributed by atoms with E-state index in [2.05, 4.69) is 0 Å². The van der Waals surface area contributed by atoms with E-state index in [0.29, 0.717) is 23.7 Å². The summed E-state index contributed by atoms with van der Waals surface area (Å²) in [5.74, 6) is 0.884. The van der Waals surface area contributed by atoms with Crippen LogP contribution in [0.15, 0.2) is 18.2 Å². The fourth-order valence-corrected chi connectivity index (χ4v) is 3.29. The highest BCUT2D eigenvalue weighted by Crippen LogP contribution is 2.34. The summed E-state index contributed by atoms with van der Waals surface area (Å²) >= 11 is 0. The summed E-state index contributed by atoms with van der Waals surface area (Å²) in [5, 5.41) is 0. The standard InChI is InChI=1S/C16H19FO2/c17-12-6-7-16-14(9-12)15(18)10-13(19-16)8-11-4-2-1-3-5-11/h6-7,9,11,13H,1-5,8,10H2. The number of hydrogen-bond donors (Lipinski definition) is 0. The van der Waals surface area contributed by atoms with Gasteiger partial charge in [-0.15, -0.1) is 0 Å². The molecular weight excluding hydrogens is 243 g/mol. The van der Waals surface area contributed by atoms with E-state index in [9.17, 15) is 9.18 Å². The lowest BCUT2D eigenvalue weighted by molar-refractivity contribution is 0.0794. The van der Waals surface area contributed by atoms with Gasteiger partial charge >= 0.3 is 0 Å². The Kier molecular flexibility index (Phi) is 3.54. The van der Waals surface area contributed by atoms with E-state index in [1.165, 1.54) is 44.2 Å². The molecule has 0 N–H and O–H groups in total. The molecular formula is C16H19FO2. The zero-order valence-corrected chi connectivity index (χ0v) is 11.0. The maximum atomic E-state index is 13.1. The van der Waals surface area contributed by atoms with Gasteiger partial charge in [0.1, 0.15) is 17.7 Å². The summed E-state index contributed by atoms with van der Waals surface area (Å²) in [5.41, 5.74) is 0.403. The molecule has 0 bridgehead atoms. The first-order chi connectivity index (χ1) is 9.22. The van der Waals surface area contributed by atoms with Gasteiger partial charge in [-0.1, -0.05) is 32.1 Å². The highest BCUT2D eigenvalue weighted by Gasteiger charge is 2.29. The van der Waals surface area contributed by atoms with Crippen LogP contribution < -0.4 is 4.74 Å². The topological polar surface area (TPSA) is 26.3 Å². The van der Waals surface area contributed by atoms with Crippen LogP contribution in [0, 0.1) is 11.7 Å². The normalized spacial score (nSPS) is 23.8. The molecule has 1 fully saturated rings. The summed E-state index contributed by atoms with van der Waals surface area (Å²) in [7, 11) is 0. The molecule has 1 aliphatic carbocycles. The number of rotatable bonds is 2. The third kappa shape index (κ3) is 2.80. The van der Waals surface area contributed by atoms with Gasteiger partial charge in [0.05, 0.1) is 5.56 Å². The molecule has 1 aliphatic heterocycles. The van der Waals surface area contributed by atoms with Crippen molar-refractivity contribution in [2.75, 3.05) is 0 Å². The minimum Gasteiger partial charge on any atom is -0.489 e. The molecule has 0 saturated heterocycles. The second-order valence-corrected chi connectivity index (χ2v) is 5.75. The molecule has 1 saturated carbocycles. The molecule has 0 spiro atoms. The predicted molar refractivity (Wildman–Crippen MR) is 71.0 cm³/mol. The lowest BCUT2D eigenvalue weighted by Crippen LogP contribution is -2.29. The molecule has 3 heteroatoms. The maximum Gasteiger partial charge on any atom is 0.170 e. The van der Waals surface area contributed by atoms with Crippen LogP contribution in [-0.2, 0) is 0 Å². The third-order valence-electron chi connectivity index (χ3n) is 4.27. The number of halogens is 1. The van der Waals surface area contributed by atoms with Gasteiger partial charge in [-0.3, -0.25) is 4.79 Å². The number of ether oxygens (including phenoxy) is 1. The Morgan fingerprint density at radius 3 is 2.79 bits per heavy atom. The van der Waals surface area contributed by atoms with Crippen molar-refractivity contribution in [1.82, 2.24) is 0 Å². The molecule has 1 aromatic carbocycles. The Labute approximate surface area is 113 Å². The first-order valence-electron chi connectivity index (χ1n) is 7.22. The molecule has 0 radical (unpaired) electrons. The van der Waals surface area contributed by atoms with Gasteiger partial charge in [-0.05, 0) is 30.5 Å². The molecule has 0 aromatic heterocycles. The van der Waals surface area contributed by atoms with Crippen LogP contribution in [0.5, 0.6) is 5.75 Å². The average Bonchev–Trinajstić information content (AvgIpc) is 2.41. The smallest absolute Gasteiger partial charge is 0.170 e. The predicted octanol–water partition coefficient (Wildman–Crippen LogP) is 4.13. The summed E-state index contributed by atoms with van der Waals surface area (Å²) < 4.78 is 19.0. The van der Waals surface area contributed by atoms with Gasteiger partial charge in [0.25, 0.3) is 0 Å². The van der Waals surface area contributed by atoms with Crippen LogP contribution >= 0.6 is 0 Å². The van der Waals surface area contributed by atoms with Crippen LogP contribution in [0.2, 0.25) is 0 Å². The highest BCUT2D eigenvalue weighted by molar-refractivity contribution is 5.99. The van der Waals surface area contributed by atoms with E-state index >= 15 is 0 Å². The fourth-order valence-electron chi connectivity index (χ4n) is 3.29. The minimum absolute atomic E-state index is 0.0153. The fraction of sp³-hybridized carbons (Fsp3) is 0.562. The summed E-state index contributed by atoms with van der Waals surface area (Å²) in [4.78, 5) is 12.0. The van der Waals surface area contributed by atoms with Crippen LogP contribution in [-0.4, -0.2) is 11.9 Å². The largest absolute Gasteiger partial charge is 0.489 e. The van der Waals surface area contributed by atoms with Crippen molar-refractivity contribution in [3.63, 3.8) is 0 Å². The molecule has 1 unspecified atom stereocenters. The van der Waals surface area contributed by atoms with Gasteiger partial charge in [-0.25, -0.2) is 4.39 Å². The van der Waals surface area contributed by atoms with Crippen molar-refractivity contribution >= 4 is 5.78 Å². The molecule has 19 heavy (non-hydrogen) atoms. The highest BCUT2D eigenvalue weighted by atomic mass is 19.1. The van der Waals surface area contributed by atoms with Crippen LogP contribution in [0.4, 0.5) is 4.39 Å².